The van der Waals surface area contributed by atoms with Crippen LogP contribution in [-0.2, 0) is 12.8 Å². The van der Waals surface area contributed by atoms with Crippen molar-refractivity contribution in [1.82, 2.24) is 15.6 Å². The van der Waals surface area contributed by atoms with Gasteiger partial charge in [-0.25, -0.2) is 5.43 Å². The molecule has 1 amide bonds. The number of amides is 1. The first-order valence-electron chi connectivity index (χ1n) is 9.37. The Bertz CT molecular complexity index is 1260. The smallest absolute Gasteiger partial charge is 0.272 e. The second-order valence-electron chi connectivity index (χ2n) is 7.03. The zero-order valence-electron chi connectivity index (χ0n) is 15.4. The highest BCUT2D eigenvalue weighted by Crippen LogP contribution is 2.36. The quantitative estimate of drug-likeness (QED) is 0.383. The maximum absolute atomic E-state index is 12.4. The number of aromatic amines is 1. The van der Waals surface area contributed by atoms with Gasteiger partial charge < -0.3 is 0 Å². The lowest BCUT2D eigenvalue weighted by molar-refractivity contribution is 0.0950. The SMILES string of the molecule is O=C(N/N=C/c1cccc(Cl)c1)c1cc(-c2ccc3c4c(cccc24)CC3)n[nH]1. The van der Waals surface area contributed by atoms with Crippen LogP contribution in [0.25, 0.3) is 22.0 Å². The molecule has 0 saturated heterocycles. The van der Waals surface area contributed by atoms with E-state index >= 15 is 0 Å². The predicted molar refractivity (Wildman–Crippen MR) is 115 cm³/mol. The van der Waals surface area contributed by atoms with Crippen molar-refractivity contribution in [2.24, 2.45) is 5.10 Å². The van der Waals surface area contributed by atoms with Gasteiger partial charge in [-0.2, -0.15) is 10.2 Å². The first kappa shape index (κ1) is 17.6. The Kier molecular flexibility index (Phi) is 4.37. The molecule has 0 radical (unpaired) electrons. The van der Waals surface area contributed by atoms with Crippen LogP contribution in [0.3, 0.4) is 0 Å². The normalized spacial score (nSPS) is 12.7. The maximum atomic E-state index is 12.4. The molecule has 0 aliphatic heterocycles. The molecule has 29 heavy (non-hydrogen) atoms. The summed E-state index contributed by atoms with van der Waals surface area (Å²) in [5.74, 6) is -0.354. The van der Waals surface area contributed by atoms with Crippen molar-refractivity contribution in [3.8, 4) is 11.3 Å². The van der Waals surface area contributed by atoms with Gasteiger partial charge in [0.25, 0.3) is 5.91 Å². The number of carbonyl (C=O) groups excluding carboxylic acids is 1. The summed E-state index contributed by atoms with van der Waals surface area (Å²) in [6.07, 6.45) is 3.70. The fourth-order valence-corrected chi connectivity index (χ4v) is 4.06. The molecule has 1 aliphatic rings. The molecule has 6 heteroatoms. The lowest BCUT2D eigenvalue weighted by Gasteiger charge is -2.06. The molecule has 0 bridgehead atoms. The third-order valence-electron chi connectivity index (χ3n) is 5.20. The third kappa shape index (κ3) is 3.30. The minimum atomic E-state index is -0.354. The summed E-state index contributed by atoms with van der Waals surface area (Å²) in [5.41, 5.74) is 8.18. The number of H-pyrrole nitrogens is 1. The Morgan fingerprint density at radius 2 is 1.90 bits per heavy atom. The van der Waals surface area contributed by atoms with Crippen molar-refractivity contribution in [2.45, 2.75) is 12.8 Å². The molecule has 5 rings (SSSR count). The second kappa shape index (κ2) is 7.18. The summed E-state index contributed by atoms with van der Waals surface area (Å²) >= 11 is 5.95. The Balaban J connectivity index is 1.39. The van der Waals surface area contributed by atoms with Gasteiger partial charge in [-0.3, -0.25) is 9.89 Å². The lowest BCUT2D eigenvalue weighted by Crippen LogP contribution is -2.17. The number of aryl methyl sites for hydroxylation is 2. The largest absolute Gasteiger partial charge is 0.289 e. The van der Waals surface area contributed by atoms with Crippen molar-refractivity contribution in [3.05, 3.63) is 88.1 Å². The Morgan fingerprint density at radius 1 is 1.07 bits per heavy atom. The van der Waals surface area contributed by atoms with Crippen molar-refractivity contribution < 1.29 is 4.79 Å². The highest BCUT2D eigenvalue weighted by molar-refractivity contribution is 6.30. The van der Waals surface area contributed by atoms with Crippen LogP contribution >= 0.6 is 11.6 Å². The van der Waals surface area contributed by atoms with Crippen molar-refractivity contribution in [2.75, 3.05) is 0 Å². The molecular formula is C23H17ClN4O. The van der Waals surface area contributed by atoms with Crippen molar-refractivity contribution in [3.63, 3.8) is 0 Å². The molecule has 0 fully saturated rings. The number of hydrogen-bond acceptors (Lipinski definition) is 3. The number of nitrogens with one attached hydrogen (secondary N) is 2. The standard InChI is InChI=1S/C23H17ClN4O/c24-17-5-1-3-14(11-17)13-25-28-23(29)21-12-20(26-27-21)18-10-9-16-8-7-15-4-2-6-19(18)22(15)16/h1-6,9-13H,7-8H2,(H,26,27)(H,28,29)/b25-13+. The highest BCUT2D eigenvalue weighted by Gasteiger charge is 2.18. The zero-order valence-corrected chi connectivity index (χ0v) is 16.2. The Morgan fingerprint density at radius 3 is 2.76 bits per heavy atom. The third-order valence-corrected chi connectivity index (χ3v) is 5.44. The summed E-state index contributed by atoms with van der Waals surface area (Å²) < 4.78 is 0. The van der Waals surface area contributed by atoms with Gasteiger partial charge in [0, 0.05) is 10.6 Å². The number of carbonyl (C=O) groups is 1. The van der Waals surface area contributed by atoms with Crippen molar-refractivity contribution in [1.29, 1.82) is 0 Å². The molecule has 1 aliphatic carbocycles. The molecule has 4 aromatic rings. The van der Waals surface area contributed by atoms with E-state index < -0.39 is 0 Å². The molecule has 0 unspecified atom stereocenters. The van der Waals surface area contributed by atoms with Crippen LogP contribution in [0.5, 0.6) is 0 Å². The molecule has 2 N–H and O–H groups in total. The van der Waals surface area contributed by atoms with Gasteiger partial charge in [-0.15, -0.1) is 0 Å². The Hall–Kier alpha value is -3.44. The molecule has 3 aromatic carbocycles. The van der Waals surface area contributed by atoms with Gasteiger partial charge in [0.05, 0.1) is 11.9 Å². The van der Waals surface area contributed by atoms with Gasteiger partial charge in [-0.1, -0.05) is 54.1 Å². The van der Waals surface area contributed by atoms with E-state index in [1.807, 2.05) is 12.1 Å². The number of nitrogens with zero attached hydrogens (tertiary/aromatic N) is 2. The number of hydrazone groups is 1. The van der Waals surface area contributed by atoms with Crippen LogP contribution < -0.4 is 5.43 Å². The van der Waals surface area contributed by atoms with E-state index in [1.165, 1.54) is 21.9 Å². The monoisotopic (exact) mass is 400 g/mol. The highest BCUT2D eigenvalue weighted by atomic mass is 35.5. The topological polar surface area (TPSA) is 70.1 Å². The number of halogens is 1. The van der Waals surface area contributed by atoms with Gasteiger partial charge in [0.15, 0.2) is 0 Å². The van der Waals surface area contributed by atoms with Crippen LogP contribution in [0, 0.1) is 0 Å². The van der Waals surface area contributed by atoms with Gasteiger partial charge >= 0.3 is 0 Å². The molecular weight excluding hydrogens is 384 g/mol. The number of rotatable bonds is 4. The van der Waals surface area contributed by atoms with E-state index in [0.29, 0.717) is 10.7 Å². The number of hydrogen-bond donors (Lipinski definition) is 2. The fraction of sp³-hybridized carbons (Fsp3) is 0.0870. The maximum Gasteiger partial charge on any atom is 0.289 e. The van der Waals surface area contributed by atoms with E-state index in [4.69, 9.17) is 11.6 Å². The fourth-order valence-electron chi connectivity index (χ4n) is 3.86. The summed E-state index contributed by atoms with van der Waals surface area (Å²) in [6.45, 7) is 0. The van der Waals surface area contributed by atoms with Crippen LogP contribution in [0.1, 0.15) is 27.2 Å². The second-order valence-corrected chi connectivity index (χ2v) is 7.47. The minimum absolute atomic E-state index is 0.353. The molecule has 1 aromatic heterocycles. The summed E-state index contributed by atoms with van der Waals surface area (Å²) in [6, 6.07) is 19.6. The van der Waals surface area contributed by atoms with Gasteiger partial charge in [0.1, 0.15) is 5.69 Å². The van der Waals surface area contributed by atoms with E-state index in [0.717, 1.165) is 29.7 Å². The zero-order chi connectivity index (χ0) is 19.8. The van der Waals surface area contributed by atoms with E-state index in [9.17, 15) is 4.79 Å². The molecule has 0 atom stereocenters. The Labute approximate surface area is 172 Å². The summed E-state index contributed by atoms with van der Waals surface area (Å²) in [5, 5.41) is 14.3. The van der Waals surface area contributed by atoms with Crippen molar-refractivity contribution >= 4 is 34.5 Å². The average Bonchev–Trinajstić information content (AvgIpc) is 3.37. The van der Waals surface area contributed by atoms with E-state index in [2.05, 4.69) is 51.1 Å². The first-order valence-corrected chi connectivity index (χ1v) is 9.75. The average molecular weight is 401 g/mol. The lowest BCUT2D eigenvalue weighted by atomic mass is 9.98. The van der Waals surface area contributed by atoms with Crippen LogP contribution in [0.2, 0.25) is 5.02 Å². The molecule has 0 spiro atoms. The van der Waals surface area contributed by atoms with Gasteiger partial charge in [0.2, 0.25) is 0 Å². The first-order chi connectivity index (χ1) is 14.2. The van der Waals surface area contributed by atoms with Gasteiger partial charge in [-0.05, 0) is 58.5 Å². The van der Waals surface area contributed by atoms with Crippen LogP contribution in [0.4, 0.5) is 0 Å². The minimum Gasteiger partial charge on any atom is -0.272 e. The van der Waals surface area contributed by atoms with E-state index in [-0.39, 0.29) is 5.91 Å². The predicted octanol–water partition coefficient (Wildman–Crippen LogP) is 4.75. The summed E-state index contributed by atoms with van der Waals surface area (Å²) in [4.78, 5) is 12.4. The van der Waals surface area contributed by atoms with Crippen LogP contribution in [-0.4, -0.2) is 22.3 Å². The molecule has 142 valence electrons. The number of benzene rings is 3. The summed E-state index contributed by atoms with van der Waals surface area (Å²) in [7, 11) is 0. The van der Waals surface area contributed by atoms with Crippen LogP contribution in [0.15, 0.2) is 65.8 Å². The number of aromatic nitrogens is 2. The molecule has 0 saturated carbocycles. The van der Waals surface area contributed by atoms with E-state index in [1.54, 1.807) is 24.4 Å². The molecule has 1 heterocycles. The molecule has 5 nitrogen and oxygen atoms in total.